The predicted molar refractivity (Wildman–Crippen MR) is 359 cm³/mol. The fourth-order valence-corrected chi connectivity index (χ4v) is 10.9. The summed E-state index contributed by atoms with van der Waals surface area (Å²) in [5.74, 6) is -0.174. The molecule has 1 fully saturated rings. The Morgan fingerprint density at radius 1 is 0.417 bits per heavy atom. The molecule has 0 aromatic heterocycles. The van der Waals surface area contributed by atoms with Gasteiger partial charge in [-0.1, -0.05) is 329 Å². The highest BCUT2D eigenvalue weighted by atomic mass is 16.7. The molecule has 486 valence electrons. The largest absolute Gasteiger partial charge is 0.394 e. The molecule has 1 saturated heterocycles. The van der Waals surface area contributed by atoms with Gasteiger partial charge in [-0.3, -0.25) is 4.79 Å². The summed E-state index contributed by atoms with van der Waals surface area (Å²) in [5, 5.41) is 54.7. The van der Waals surface area contributed by atoms with Crippen molar-refractivity contribution in [2.45, 2.75) is 358 Å². The number of amides is 1. The third-order valence-electron chi connectivity index (χ3n) is 16.4. The molecule has 0 radical (unpaired) electrons. The lowest BCUT2D eigenvalue weighted by atomic mass is 9.99. The monoisotopic (exact) mass is 1180 g/mol. The first-order valence-electron chi connectivity index (χ1n) is 35.5. The summed E-state index contributed by atoms with van der Waals surface area (Å²) in [6, 6.07) is -0.808. The molecule has 1 rings (SSSR count). The number of ether oxygens (including phenoxy) is 2. The van der Waals surface area contributed by atoms with Crippen LogP contribution in [0.15, 0.2) is 97.2 Å². The molecule has 0 aliphatic carbocycles. The van der Waals surface area contributed by atoms with Gasteiger partial charge in [0, 0.05) is 6.42 Å². The van der Waals surface area contributed by atoms with Gasteiger partial charge in [0.05, 0.1) is 25.4 Å². The summed E-state index contributed by atoms with van der Waals surface area (Å²) >= 11 is 0. The second-order valence-corrected chi connectivity index (χ2v) is 24.3. The first kappa shape index (κ1) is 79.1. The van der Waals surface area contributed by atoms with E-state index in [1.54, 1.807) is 6.08 Å². The SMILES string of the molecule is CC/C=C\C/C=C\C/C=C\C/C=C\C/C=C\C/C=C\C/C=C\CCCCCCCCCCCCCCCCCCCCCC(=O)NC(COC1OC(CO)C(O)C(O)C1O)C(O)/C=C/CCCCCCCCCCCCCCCCCCCC. The highest BCUT2D eigenvalue weighted by molar-refractivity contribution is 5.76. The van der Waals surface area contributed by atoms with Gasteiger partial charge in [0.2, 0.25) is 5.91 Å². The van der Waals surface area contributed by atoms with Crippen LogP contribution in [0.5, 0.6) is 0 Å². The van der Waals surface area contributed by atoms with Crippen molar-refractivity contribution in [1.82, 2.24) is 5.32 Å². The van der Waals surface area contributed by atoms with Crippen LogP contribution in [0.4, 0.5) is 0 Å². The van der Waals surface area contributed by atoms with Crippen molar-refractivity contribution < 1.29 is 39.8 Å². The Labute approximate surface area is 517 Å². The second kappa shape index (κ2) is 63.1. The Bertz CT molecular complexity index is 1650. The highest BCUT2D eigenvalue weighted by Crippen LogP contribution is 2.23. The summed E-state index contributed by atoms with van der Waals surface area (Å²) in [6.45, 7) is 3.69. The van der Waals surface area contributed by atoms with Gasteiger partial charge in [-0.05, 0) is 77.0 Å². The van der Waals surface area contributed by atoms with Crippen LogP contribution in [0, 0.1) is 0 Å². The molecule has 1 amide bonds. The molecule has 0 bridgehead atoms. The van der Waals surface area contributed by atoms with Crippen molar-refractivity contribution >= 4 is 5.91 Å². The number of carbonyl (C=O) groups excluding carboxylic acids is 1. The summed E-state index contributed by atoms with van der Waals surface area (Å²) in [4.78, 5) is 13.1. The molecule has 0 saturated carbocycles. The molecular formula is C75H133NO8. The molecule has 7 unspecified atom stereocenters. The van der Waals surface area contributed by atoms with Gasteiger partial charge in [0.1, 0.15) is 24.4 Å². The first-order valence-corrected chi connectivity index (χ1v) is 35.5. The van der Waals surface area contributed by atoms with Crippen molar-refractivity contribution in [2.75, 3.05) is 13.2 Å². The molecular weight excluding hydrogens is 1040 g/mol. The smallest absolute Gasteiger partial charge is 0.220 e. The number of nitrogens with one attached hydrogen (secondary N) is 1. The average Bonchev–Trinajstić information content (AvgIpc) is 3.70. The van der Waals surface area contributed by atoms with E-state index in [0.717, 1.165) is 83.5 Å². The number of carbonyl (C=O) groups is 1. The van der Waals surface area contributed by atoms with E-state index in [1.807, 2.05) is 6.08 Å². The molecule has 0 aromatic rings. The molecule has 0 spiro atoms. The number of rotatable bonds is 61. The van der Waals surface area contributed by atoms with Crippen LogP contribution in [0.2, 0.25) is 0 Å². The summed E-state index contributed by atoms with van der Waals surface area (Å²) in [7, 11) is 0. The van der Waals surface area contributed by atoms with Gasteiger partial charge < -0.3 is 40.3 Å². The van der Waals surface area contributed by atoms with Crippen LogP contribution in [0.3, 0.4) is 0 Å². The highest BCUT2D eigenvalue weighted by Gasteiger charge is 2.44. The lowest BCUT2D eigenvalue weighted by molar-refractivity contribution is -0.302. The van der Waals surface area contributed by atoms with Crippen molar-refractivity contribution in [3.63, 3.8) is 0 Å². The van der Waals surface area contributed by atoms with E-state index >= 15 is 0 Å². The van der Waals surface area contributed by atoms with Crippen LogP contribution < -0.4 is 5.32 Å². The van der Waals surface area contributed by atoms with E-state index in [2.05, 4.69) is 104 Å². The standard InChI is InChI=1S/C75H133NO8/c1-3-5-7-9-11-13-15-17-19-21-23-25-26-27-28-29-30-31-32-33-34-35-36-37-38-39-40-41-42-43-44-45-47-49-51-53-55-57-59-61-63-65-71(79)76-68(67-83-75-74(82)73(81)72(80)70(66-77)84-75)69(78)64-62-60-58-56-54-52-50-48-46-24-22-20-18-16-14-12-10-8-6-4-2/h5,7,11,13,17,19,23,25,27-28,30-31,33-34,62,64,68-70,72-75,77-78,80-82H,3-4,6,8-10,12,14-16,18,20-22,24,26,29,32,35-61,63,65-67H2,1-2H3,(H,76,79)/b7-5-,13-11-,19-17-,25-23-,28-27-,31-30-,34-33-,64-62+. The number of hydrogen-bond donors (Lipinski definition) is 6. The Morgan fingerprint density at radius 2 is 0.738 bits per heavy atom. The van der Waals surface area contributed by atoms with Crippen LogP contribution in [-0.4, -0.2) is 87.5 Å². The Morgan fingerprint density at radius 3 is 1.10 bits per heavy atom. The van der Waals surface area contributed by atoms with E-state index in [0.29, 0.717) is 6.42 Å². The Balaban J connectivity index is 2.08. The van der Waals surface area contributed by atoms with Crippen LogP contribution in [0.25, 0.3) is 0 Å². The average molecular weight is 1180 g/mol. The number of aliphatic hydroxyl groups excluding tert-OH is 5. The summed E-state index contributed by atoms with van der Waals surface area (Å²) in [5.41, 5.74) is 0. The van der Waals surface area contributed by atoms with E-state index in [-0.39, 0.29) is 12.5 Å². The van der Waals surface area contributed by atoms with Crippen LogP contribution in [-0.2, 0) is 14.3 Å². The fraction of sp³-hybridized carbons (Fsp3) is 0.773. The van der Waals surface area contributed by atoms with E-state index in [9.17, 15) is 30.3 Å². The van der Waals surface area contributed by atoms with Crippen LogP contribution >= 0.6 is 0 Å². The molecule has 9 nitrogen and oxygen atoms in total. The number of allylic oxidation sites excluding steroid dienone is 15. The van der Waals surface area contributed by atoms with Gasteiger partial charge in [-0.2, -0.15) is 0 Å². The third kappa shape index (κ3) is 51.2. The van der Waals surface area contributed by atoms with Gasteiger partial charge in [-0.15, -0.1) is 0 Å². The van der Waals surface area contributed by atoms with Gasteiger partial charge in [-0.25, -0.2) is 0 Å². The number of aliphatic hydroxyl groups is 5. The maximum atomic E-state index is 13.1. The van der Waals surface area contributed by atoms with E-state index in [4.69, 9.17) is 9.47 Å². The number of hydrogen-bond acceptors (Lipinski definition) is 8. The summed E-state index contributed by atoms with van der Waals surface area (Å²) in [6.07, 6.45) is 85.1. The molecule has 6 N–H and O–H groups in total. The lowest BCUT2D eigenvalue weighted by Gasteiger charge is -2.40. The third-order valence-corrected chi connectivity index (χ3v) is 16.4. The topological polar surface area (TPSA) is 149 Å². The quantitative estimate of drug-likeness (QED) is 0.0261. The molecule has 0 aromatic carbocycles. The zero-order valence-electron chi connectivity index (χ0n) is 54.4. The Hall–Kier alpha value is -2.89. The first-order chi connectivity index (χ1) is 41.3. The normalized spacial score (nSPS) is 18.8. The van der Waals surface area contributed by atoms with Gasteiger partial charge >= 0.3 is 0 Å². The predicted octanol–water partition coefficient (Wildman–Crippen LogP) is 19.5. The van der Waals surface area contributed by atoms with Crippen molar-refractivity contribution in [3.05, 3.63) is 97.2 Å². The van der Waals surface area contributed by atoms with Crippen LogP contribution in [0.1, 0.15) is 316 Å². The Kier molecular flexibility index (Phi) is 59.5. The van der Waals surface area contributed by atoms with Crippen molar-refractivity contribution in [2.24, 2.45) is 0 Å². The zero-order valence-corrected chi connectivity index (χ0v) is 54.4. The molecule has 7 atom stereocenters. The maximum Gasteiger partial charge on any atom is 0.220 e. The van der Waals surface area contributed by atoms with Gasteiger partial charge in [0.15, 0.2) is 6.29 Å². The second-order valence-electron chi connectivity index (χ2n) is 24.3. The molecule has 1 aliphatic heterocycles. The minimum Gasteiger partial charge on any atom is -0.394 e. The van der Waals surface area contributed by atoms with Gasteiger partial charge in [0.25, 0.3) is 0 Å². The summed E-state index contributed by atoms with van der Waals surface area (Å²) < 4.78 is 11.3. The molecule has 1 heterocycles. The zero-order chi connectivity index (χ0) is 60.7. The molecule has 1 aliphatic rings. The maximum absolute atomic E-state index is 13.1. The lowest BCUT2D eigenvalue weighted by Crippen LogP contribution is -2.60. The minimum atomic E-state index is -1.57. The minimum absolute atomic E-state index is 0.174. The van der Waals surface area contributed by atoms with E-state index < -0.39 is 49.5 Å². The molecule has 9 heteroatoms. The fourth-order valence-electron chi connectivity index (χ4n) is 10.9. The number of unbranched alkanes of at least 4 members (excludes halogenated alkanes) is 37. The van der Waals surface area contributed by atoms with E-state index in [1.165, 1.54) is 212 Å². The molecule has 84 heavy (non-hydrogen) atoms. The van der Waals surface area contributed by atoms with Crippen molar-refractivity contribution in [3.8, 4) is 0 Å². The van der Waals surface area contributed by atoms with Crippen molar-refractivity contribution in [1.29, 1.82) is 0 Å².